The smallest absolute Gasteiger partial charge is 0.297 e. The minimum atomic E-state index is -0.421. The second-order valence-corrected chi connectivity index (χ2v) is 9.51. The Morgan fingerprint density at radius 2 is 1.76 bits per heavy atom. The Kier molecular flexibility index (Phi) is 5.73. The molecule has 1 amide bonds. The van der Waals surface area contributed by atoms with E-state index in [0.29, 0.717) is 22.5 Å². The molecule has 10 nitrogen and oxygen atoms in total. The summed E-state index contributed by atoms with van der Waals surface area (Å²) in [4.78, 5) is 33.4. The van der Waals surface area contributed by atoms with Crippen LogP contribution in [0.2, 0.25) is 0 Å². The number of carbonyl (C=O) groups is 1. The third kappa shape index (κ3) is 4.36. The summed E-state index contributed by atoms with van der Waals surface area (Å²) in [7, 11) is 0. The fourth-order valence-electron chi connectivity index (χ4n) is 4.21. The van der Waals surface area contributed by atoms with Gasteiger partial charge in [0.15, 0.2) is 16.8 Å². The number of nitrogens with zero attached hydrogens (tertiary/aromatic N) is 5. The molecular formula is C26H19N7O3S. The van der Waals surface area contributed by atoms with Crippen molar-refractivity contribution in [2.75, 3.05) is 0 Å². The summed E-state index contributed by atoms with van der Waals surface area (Å²) in [5, 5.41) is 17.2. The van der Waals surface area contributed by atoms with Gasteiger partial charge in [0.25, 0.3) is 11.6 Å². The number of aliphatic imine (C=N–C) groups is 2. The van der Waals surface area contributed by atoms with Gasteiger partial charge in [-0.25, -0.2) is 9.98 Å². The lowest BCUT2D eigenvalue weighted by molar-refractivity contribution is -0.384. The molecule has 3 aromatic rings. The Morgan fingerprint density at radius 1 is 1.00 bits per heavy atom. The molecule has 0 bridgehead atoms. The Morgan fingerprint density at radius 3 is 2.51 bits per heavy atom. The van der Waals surface area contributed by atoms with Crippen molar-refractivity contribution in [1.29, 1.82) is 0 Å². The summed E-state index contributed by atoms with van der Waals surface area (Å²) in [5.41, 5.74) is 8.85. The number of hydrogen-bond acceptors (Lipinski definition) is 9. The van der Waals surface area contributed by atoms with Crippen LogP contribution < -0.4 is 10.9 Å². The van der Waals surface area contributed by atoms with Crippen molar-refractivity contribution in [3.05, 3.63) is 117 Å². The minimum absolute atomic E-state index is 0.0131. The van der Waals surface area contributed by atoms with Gasteiger partial charge in [0, 0.05) is 17.7 Å². The molecule has 0 aliphatic carbocycles. The number of hydrogen-bond donors (Lipinski definition) is 2. The molecule has 3 aromatic carbocycles. The number of amidine groups is 3. The Labute approximate surface area is 215 Å². The number of carbonyl (C=O) groups excluding carboxylic acids is 1. The van der Waals surface area contributed by atoms with Gasteiger partial charge < -0.3 is 0 Å². The van der Waals surface area contributed by atoms with Crippen molar-refractivity contribution in [1.82, 2.24) is 15.9 Å². The summed E-state index contributed by atoms with van der Waals surface area (Å²) in [6.07, 6.45) is 1.75. The van der Waals surface area contributed by atoms with Crippen LogP contribution in [0.15, 0.2) is 106 Å². The van der Waals surface area contributed by atoms with Crippen LogP contribution in [-0.4, -0.2) is 37.9 Å². The number of nitro benzene ring substituents is 1. The number of rotatable bonds is 5. The molecule has 0 saturated carbocycles. The number of thioether (sulfide) groups is 1. The Hall–Kier alpha value is -4.77. The summed E-state index contributed by atoms with van der Waals surface area (Å²) < 4.78 is 0. The summed E-state index contributed by atoms with van der Waals surface area (Å²) >= 11 is 1.40. The van der Waals surface area contributed by atoms with Gasteiger partial charge in [0.1, 0.15) is 10.9 Å². The third-order valence-corrected chi connectivity index (χ3v) is 7.12. The van der Waals surface area contributed by atoms with Crippen LogP contribution in [0.4, 0.5) is 5.69 Å². The van der Waals surface area contributed by atoms with Gasteiger partial charge in [0.2, 0.25) is 0 Å². The van der Waals surface area contributed by atoms with E-state index in [-0.39, 0.29) is 22.9 Å². The maximum atomic E-state index is 13.4. The van der Waals surface area contributed by atoms with E-state index in [1.54, 1.807) is 12.1 Å². The first-order valence-electron chi connectivity index (χ1n) is 11.4. The van der Waals surface area contributed by atoms with Crippen molar-refractivity contribution in [2.24, 2.45) is 15.1 Å². The average molecular weight is 510 g/mol. The molecule has 182 valence electrons. The predicted octanol–water partition coefficient (Wildman–Crippen LogP) is 3.86. The van der Waals surface area contributed by atoms with E-state index in [0.717, 1.165) is 16.7 Å². The number of nitro groups is 1. The quantitative estimate of drug-likeness (QED) is 0.306. The molecule has 2 unspecified atom stereocenters. The lowest BCUT2D eigenvalue weighted by atomic mass is 10.0. The maximum absolute atomic E-state index is 13.4. The highest BCUT2D eigenvalue weighted by molar-refractivity contribution is 8.15. The van der Waals surface area contributed by atoms with E-state index >= 15 is 0 Å². The average Bonchev–Trinajstić information content (AvgIpc) is 3.59. The number of amides is 1. The highest BCUT2D eigenvalue weighted by atomic mass is 32.2. The van der Waals surface area contributed by atoms with Crippen LogP contribution in [0.25, 0.3) is 6.08 Å². The molecule has 2 N–H and O–H groups in total. The summed E-state index contributed by atoms with van der Waals surface area (Å²) in [5.74, 6) is 0.704. The molecule has 2 atom stereocenters. The molecule has 0 spiro atoms. The van der Waals surface area contributed by atoms with Crippen LogP contribution in [0.1, 0.15) is 22.7 Å². The SMILES string of the molecule is O=C1/C(=C\c2ccccc2)N=C(c2ccccc2)N1NC1=NC2=NNC(c3cccc([N+](=O)[O-])c3)C2S1. The van der Waals surface area contributed by atoms with Gasteiger partial charge in [-0.2, -0.15) is 10.1 Å². The van der Waals surface area contributed by atoms with Crippen molar-refractivity contribution >= 4 is 46.3 Å². The fraction of sp³-hybridized carbons (Fsp3) is 0.0769. The number of nitrogens with one attached hydrogen (secondary N) is 2. The van der Waals surface area contributed by atoms with E-state index in [9.17, 15) is 14.9 Å². The maximum Gasteiger partial charge on any atom is 0.297 e. The van der Waals surface area contributed by atoms with Gasteiger partial charge >= 0.3 is 0 Å². The summed E-state index contributed by atoms with van der Waals surface area (Å²) in [6.45, 7) is 0. The molecule has 37 heavy (non-hydrogen) atoms. The first-order valence-corrected chi connectivity index (χ1v) is 12.3. The van der Waals surface area contributed by atoms with Crippen molar-refractivity contribution in [2.45, 2.75) is 11.3 Å². The van der Waals surface area contributed by atoms with E-state index in [2.05, 4.69) is 25.9 Å². The van der Waals surface area contributed by atoms with Crippen molar-refractivity contribution < 1.29 is 9.72 Å². The molecule has 6 rings (SSSR count). The van der Waals surface area contributed by atoms with E-state index in [1.807, 2.05) is 66.7 Å². The monoisotopic (exact) mass is 509 g/mol. The number of benzene rings is 3. The van der Waals surface area contributed by atoms with Crippen molar-refractivity contribution in [3.8, 4) is 0 Å². The minimum Gasteiger partial charge on any atom is -0.299 e. The molecule has 3 heterocycles. The van der Waals surface area contributed by atoms with Crippen LogP contribution in [0.5, 0.6) is 0 Å². The summed E-state index contributed by atoms with van der Waals surface area (Å²) in [6, 6.07) is 25.1. The second kappa shape index (κ2) is 9.36. The van der Waals surface area contributed by atoms with Crippen LogP contribution in [0, 0.1) is 10.1 Å². The predicted molar refractivity (Wildman–Crippen MR) is 143 cm³/mol. The zero-order valence-corrected chi connectivity index (χ0v) is 20.0. The first kappa shape index (κ1) is 22.7. The zero-order valence-electron chi connectivity index (χ0n) is 19.2. The number of fused-ring (bicyclic) bond motifs is 1. The van der Waals surface area contributed by atoms with Gasteiger partial charge in [-0.1, -0.05) is 84.6 Å². The third-order valence-electron chi connectivity index (χ3n) is 5.97. The van der Waals surface area contributed by atoms with Crippen molar-refractivity contribution in [3.63, 3.8) is 0 Å². The normalized spacial score (nSPS) is 21.3. The standard InChI is InChI=1S/C26H19N7O3S/c34-25-20(14-16-8-3-1-4-9-16)27-24(17-10-5-2-6-11-17)32(25)31-26-28-23-22(37-26)21(29-30-23)18-12-7-13-19(15-18)33(35)36/h1-15,21-22,29H,(H,28,30,31)/b20-14+. The van der Waals surface area contributed by atoms with Crippen LogP contribution in [0.3, 0.4) is 0 Å². The number of hydrazone groups is 1. The lowest BCUT2D eigenvalue weighted by Crippen LogP contribution is -2.46. The second-order valence-electron chi connectivity index (χ2n) is 8.38. The van der Waals surface area contributed by atoms with E-state index < -0.39 is 4.92 Å². The highest BCUT2D eigenvalue weighted by Crippen LogP contribution is 2.37. The van der Waals surface area contributed by atoms with E-state index in [1.165, 1.54) is 28.9 Å². The van der Waals surface area contributed by atoms with Crippen LogP contribution >= 0.6 is 11.8 Å². The topological polar surface area (TPSA) is 125 Å². The number of non-ortho nitro benzene ring substituents is 1. The molecular weight excluding hydrogens is 490 g/mol. The molecule has 3 aliphatic rings. The van der Waals surface area contributed by atoms with Gasteiger partial charge in [-0.05, 0) is 17.2 Å². The fourth-order valence-corrected chi connectivity index (χ4v) is 5.31. The van der Waals surface area contributed by atoms with Gasteiger partial charge in [-0.3, -0.25) is 25.8 Å². The molecule has 0 fully saturated rings. The Bertz CT molecular complexity index is 1520. The largest absolute Gasteiger partial charge is 0.299 e. The zero-order chi connectivity index (χ0) is 25.4. The molecule has 0 aromatic heterocycles. The van der Waals surface area contributed by atoms with Gasteiger partial charge in [-0.15, -0.1) is 0 Å². The van der Waals surface area contributed by atoms with Gasteiger partial charge in [0.05, 0.1) is 11.0 Å². The molecule has 11 heteroatoms. The van der Waals surface area contributed by atoms with Crippen LogP contribution in [-0.2, 0) is 4.79 Å². The number of hydrazine groups is 1. The first-order chi connectivity index (χ1) is 18.1. The molecule has 0 saturated heterocycles. The molecule has 0 radical (unpaired) electrons. The van der Waals surface area contributed by atoms with E-state index in [4.69, 9.17) is 0 Å². The molecule has 3 aliphatic heterocycles. The highest BCUT2D eigenvalue weighted by Gasteiger charge is 2.41. The Balaban J connectivity index is 1.26. The lowest BCUT2D eigenvalue weighted by Gasteiger charge is -2.21.